The lowest BCUT2D eigenvalue weighted by molar-refractivity contribution is -0.124. The number of hydrogen-bond donors (Lipinski definition) is 1. The van der Waals surface area contributed by atoms with Gasteiger partial charge in [-0.1, -0.05) is 71.1 Å². The summed E-state index contributed by atoms with van der Waals surface area (Å²) in [6.07, 6.45) is 14.9. The van der Waals surface area contributed by atoms with Gasteiger partial charge in [-0.05, 0) is 6.42 Å². The number of ketones is 1. The minimum Gasteiger partial charge on any atom is -0.316 e. The van der Waals surface area contributed by atoms with E-state index in [-0.39, 0.29) is 5.78 Å². The SMILES string of the molecule is CCCCCCCCCCCCCC(=O)C(N)C=O. The first-order valence-electron chi connectivity index (χ1n) is 7.96. The first kappa shape index (κ1) is 18.3. The Labute approximate surface area is 118 Å². The lowest BCUT2D eigenvalue weighted by atomic mass is 10.0. The van der Waals surface area contributed by atoms with Crippen molar-refractivity contribution in [1.82, 2.24) is 0 Å². The summed E-state index contributed by atoms with van der Waals surface area (Å²) < 4.78 is 0. The predicted molar refractivity (Wildman–Crippen MR) is 80.1 cm³/mol. The summed E-state index contributed by atoms with van der Waals surface area (Å²) in [6.45, 7) is 2.24. The van der Waals surface area contributed by atoms with Crippen LogP contribution >= 0.6 is 0 Å². The molecule has 0 aromatic heterocycles. The Morgan fingerprint density at radius 2 is 1.32 bits per heavy atom. The molecular formula is C16H31NO2. The molecular weight excluding hydrogens is 238 g/mol. The van der Waals surface area contributed by atoms with Crippen LogP contribution in [0.4, 0.5) is 0 Å². The van der Waals surface area contributed by atoms with E-state index in [1.54, 1.807) is 0 Å². The number of nitrogens with two attached hydrogens (primary N) is 1. The summed E-state index contributed by atoms with van der Waals surface area (Å²) in [7, 11) is 0. The molecule has 112 valence electrons. The first-order valence-corrected chi connectivity index (χ1v) is 7.96. The van der Waals surface area contributed by atoms with Gasteiger partial charge in [0, 0.05) is 6.42 Å². The fraction of sp³-hybridized carbons (Fsp3) is 0.875. The number of rotatable bonds is 14. The zero-order valence-electron chi connectivity index (χ0n) is 12.5. The van der Waals surface area contributed by atoms with E-state index in [9.17, 15) is 9.59 Å². The van der Waals surface area contributed by atoms with Crippen molar-refractivity contribution in [3.63, 3.8) is 0 Å². The molecule has 0 saturated heterocycles. The number of aldehydes is 1. The summed E-state index contributed by atoms with van der Waals surface area (Å²) in [4.78, 5) is 21.6. The van der Waals surface area contributed by atoms with Crippen molar-refractivity contribution in [2.75, 3.05) is 0 Å². The Balaban J connectivity index is 3.15. The molecule has 0 aliphatic carbocycles. The molecule has 0 rings (SSSR count). The maximum Gasteiger partial charge on any atom is 0.156 e. The highest BCUT2D eigenvalue weighted by atomic mass is 16.1. The van der Waals surface area contributed by atoms with Gasteiger partial charge in [0.05, 0.1) is 0 Å². The molecule has 0 radical (unpaired) electrons. The molecule has 2 N–H and O–H groups in total. The van der Waals surface area contributed by atoms with E-state index in [1.165, 1.54) is 57.8 Å². The van der Waals surface area contributed by atoms with Crippen LogP contribution in [0.25, 0.3) is 0 Å². The fourth-order valence-electron chi connectivity index (χ4n) is 2.21. The van der Waals surface area contributed by atoms with Crippen molar-refractivity contribution < 1.29 is 9.59 Å². The van der Waals surface area contributed by atoms with E-state index in [0.29, 0.717) is 12.7 Å². The lowest BCUT2D eigenvalue weighted by Gasteiger charge is -2.04. The van der Waals surface area contributed by atoms with Gasteiger partial charge in [0.1, 0.15) is 12.3 Å². The van der Waals surface area contributed by atoms with Gasteiger partial charge >= 0.3 is 0 Å². The second kappa shape index (κ2) is 13.7. The Kier molecular flexibility index (Phi) is 13.2. The van der Waals surface area contributed by atoms with E-state index in [0.717, 1.165) is 12.8 Å². The zero-order chi connectivity index (χ0) is 14.3. The van der Waals surface area contributed by atoms with Crippen molar-refractivity contribution in [2.24, 2.45) is 5.73 Å². The first-order chi connectivity index (χ1) is 9.22. The zero-order valence-corrected chi connectivity index (χ0v) is 12.5. The van der Waals surface area contributed by atoms with Gasteiger partial charge in [-0.25, -0.2) is 0 Å². The second-order valence-electron chi connectivity index (χ2n) is 5.41. The van der Waals surface area contributed by atoms with Crippen molar-refractivity contribution in [3.8, 4) is 0 Å². The van der Waals surface area contributed by atoms with E-state index in [4.69, 9.17) is 5.73 Å². The Morgan fingerprint density at radius 1 is 0.895 bits per heavy atom. The average molecular weight is 269 g/mol. The van der Waals surface area contributed by atoms with Crippen LogP contribution in [0.1, 0.15) is 84.0 Å². The van der Waals surface area contributed by atoms with E-state index in [2.05, 4.69) is 6.92 Å². The molecule has 0 aliphatic heterocycles. The Hall–Kier alpha value is -0.700. The van der Waals surface area contributed by atoms with Gasteiger partial charge in [0.15, 0.2) is 5.78 Å². The van der Waals surface area contributed by atoms with Gasteiger partial charge in [-0.2, -0.15) is 0 Å². The van der Waals surface area contributed by atoms with Crippen LogP contribution in [0.15, 0.2) is 0 Å². The average Bonchev–Trinajstić information content (AvgIpc) is 2.43. The van der Waals surface area contributed by atoms with Crippen LogP contribution in [0, 0.1) is 0 Å². The topological polar surface area (TPSA) is 60.2 Å². The molecule has 0 spiro atoms. The highest BCUT2D eigenvalue weighted by Gasteiger charge is 2.10. The van der Waals surface area contributed by atoms with Crippen molar-refractivity contribution >= 4 is 12.1 Å². The summed E-state index contributed by atoms with van der Waals surface area (Å²) >= 11 is 0. The molecule has 0 aromatic carbocycles. The van der Waals surface area contributed by atoms with E-state index >= 15 is 0 Å². The number of Topliss-reactive ketones (excluding diaryl/α,β-unsaturated/α-hetero) is 1. The highest BCUT2D eigenvalue weighted by molar-refractivity contribution is 5.96. The van der Waals surface area contributed by atoms with Crippen LogP contribution in [0.3, 0.4) is 0 Å². The molecule has 0 aliphatic rings. The number of carbonyl (C=O) groups excluding carboxylic acids is 2. The van der Waals surface area contributed by atoms with Crippen LogP contribution in [-0.4, -0.2) is 18.1 Å². The smallest absolute Gasteiger partial charge is 0.156 e. The van der Waals surface area contributed by atoms with Crippen LogP contribution in [0.2, 0.25) is 0 Å². The van der Waals surface area contributed by atoms with E-state index in [1.807, 2.05) is 0 Å². The largest absolute Gasteiger partial charge is 0.316 e. The monoisotopic (exact) mass is 269 g/mol. The van der Waals surface area contributed by atoms with Gasteiger partial charge in [0.2, 0.25) is 0 Å². The van der Waals surface area contributed by atoms with Gasteiger partial charge < -0.3 is 10.5 Å². The molecule has 19 heavy (non-hydrogen) atoms. The summed E-state index contributed by atoms with van der Waals surface area (Å²) in [5.41, 5.74) is 5.33. The molecule has 3 nitrogen and oxygen atoms in total. The van der Waals surface area contributed by atoms with Crippen molar-refractivity contribution in [2.45, 2.75) is 90.0 Å². The fourth-order valence-corrected chi connectivity index (χ4v) is 2.21. The van der Waals surface area contributed by atoms with Crippen molar-refractivity contribution in [1.29, 1.82) is 0 Å². The third kappa shape index (κ3) is 12.1. The van der Waals surface area contributed by atoms with Gasteiger partial charge in [-0.15, -0.1) is 0 Å². The summed E-state index contributed by atoms with van der Waals surface area (Å²) in [6, 6.07) is -0.900. The summed E-state index contributed by atoms with van der Waals surface area (Å²) in [5.74, 6) is -0.120. The third-order valence-corrected chi connectivity index (χ3v) is 3.55. The molecule has 3 heteroatoms. The van der Waals surface area contributed by atoms with Crippen LogP contribution in [0.5, 0.6) is 0 Å². The maximum atomic E-state index is 11.3. The minimum atomic E-state index is -0.900. The van der Waals surface area contributed by atoms with Crippen LogP contribution in [-0.2, 0) is 9.59 Å². The molecule has 0 aromatic rings. The molecule has 0 bridgehead atoms. The molecule has 0 amide bonds. The van der Waals surface area contributed by atoms with Gasteiger partial charge in [0.25, 0.3) is 0 Å². The quantitative estimate of drug-likeness (QED) is 0.296. The van der Waals surface area contributed by atoms with Crippen molar-refractivity contribution in [3.05, 3.63) is 0 Å². The van der Waals surface area contributed by atoms with Gasteiger partial charge in [-0.3, -0.25) is 4.79 Å². The maximum absolute atomic E-state index is 11.3. The standard InChI is InChI=1S/C16H31NO2/c1-2-3-4-5-6-7-8-9-10-11-12-13-16(19)15(17)14-18/h14-15H,2-13,17H2,1H3. The second-order valence-corrected chi connectivity index (χ2v) is 5.41. The predicted octanol–water partition coefficient (Wildman–Crippen LogP) is 3.78. The summed E-state index contributed by atoms with van der Waals surface area (Å²) in [5, 5.41) is 0. The lowest BCUT2D eigenvalue weighted by Crippen LogP contribution is -2.31. The minimum absolute atomic E-state index is 0.120. The number of hydrogen-bond acceptors (Lipinski definition) is 3. The molecule has 0 saturated carbocycles. The Bertz CT molecular complexity index is 229. The third-order valence-electron chi connectivity index (χ3n) is 3.55. The number of carbonyl (C=O) groups is 2. The Morgan fingerprint density at radius 3 is 1.74 bits per heavy atom. The molecule has 1 unspecified atom stereocenters. The van der Waals surface area contributed by atoms with Crippen LogP contribution < -0.4 is 5.73 Å². The number of unbranched alkanes of at least 4 members (excludes halogenated alkanes) is 10. The molecule has 1 atom stereocenters. The molecule has 0 fully saturated rings. The normalized spacial score (nSPS) is 12.3. The highest BCUT2D eigenvalue weighted by Crippen LogP contribution is 2.12. The molecule has 0 heterocycles. The van der Waals surface area contributed by atoms with E-state index < -0.39 is 6.04 Å².